The van der Waals surface area contributed by atoms with Crippen LogP contribution in [0.1, 0.15) is 40.9 Å². The molecule has 3 aromatic rings. The SMILES string of the molecule is Cc1oc2c(c(C)cc3oc(=O)c(CC(=O)NC(CCCNC(N)=O)C(=O)O)c(C)c32)c1C. The van der Waals surface area contributed by atoms with Crippen LogP contribution in [0.25, 0.3) is 21.9 Å². The van der Waals surface area contributed by atoms with Gasteiger partial charge in [-0.3, -0.25) is 4.79 Å². The van der Waals surface area contributed by atoms with Gasteiger partial charge in [-0.05, 0) is 63.3 Å². The minimum atomic E-state index is -1.22. The Labute approximate surface area is 189 Å². The lowest BCUT2D eigenvalue weighted by atomic mass is 9.98. The topological polar surface area (TPSA) is 165 Å². The average molecular weight is 457 g/mol. The zero-order valence-corrected chi connectivity index (χ0v) is 19.0. The number of primary amides is 1. The molecule has 0 spiro atoms. The van der Waals surface area contributed by atoms with E-state index in [0.29, 0.717) is 28.5 Å². The summed E-state index contributed by atoms with van der Waals surface area (Å²) in [5.41, 5.74) is 7.86. The predicted molar refractivity (Wildman–Crippen MR) is 121 cm³/mol. The molecule has 10 heteroatoms. The third kappa shape index (κ3) is 4.84. The highest BCUT2D eigenvalue weighted by Gasteiger charge is 2.24. The van der Waals surface area contributed by atoms with Crippen LogP contribution in [0.3, 0.4) is 0 Å². The van der Waals surface area contributed by atoms with Gasteiger partial charge in [0.25, 0.3) is 0 Å². The number of carboxylic acids is 1. The molecule has 1 aromatic carbocycles. The molecule has 33 heavy (non-hydrogen) atoms. The van der Waals surface area contributed by atoms with E-state index in [1.54, 1.807) is 13.0 Å². The first kappa shape index (κ1) is 23.8. The van der Waals surface area contributed by atoms with Crippen molar-refractivity contribution in [3.05, 3.63) is 44.5 Å². The van der Waals surface area contributed by atoms with Crippen molar-refractivity contribution in [2.75, 3.05) is 6.54 Å². The molecule has 0 saturated heterocycles. The number of rotatable bonds is 8. The van der Waals surface area contributed by atoms with E-state index >= 15 is 0 Å². The molecule has 3 rings (SSSR count). The van der Waals surface area contributed by atoms with Crippen LogP contribution in [-0.2, 0) is 16.0 Å². The normalized spacial score (nSPS) is 12.1. The quantitative estimate of drug-likeness (QED) is 0.298. The zero-order valence-electron chi connectivity index (χ0n) is 19.0. The van der Waals surface area contributed by atoms with Crippen molar-refractivity contribution < 1.29 is 28.3 Å². The lowest BCUT2D eigenvalue weighted by Crippen LogP contribution is -2.42. The Morgan fingerprint density at radius 1 is 1.09 bits per heavy atom. The number of carboxylic acid groups (broad SMARTS) is 1. The Morgan fingerprint density at radius 3 is 2.42 bits per heavy atom. The van der Waals surface area contributed by atoms with Gasteiger partial charge in [0.15, 0.2) is 0 Å². The maximum Gasteiger partial charge on any atom is 0.340 e. The number of hydrogen-bond donors (Lipinski definition) is 4. The van der Waals surface area contributed by atoms with Gasteiger partial charge in [0.05, 0.1) is 17.4 Å². The smallest absolute Gasteiger partial charge is 0.340 e. The lowest BCUT2D eigenvalue weighted by molar-refractivity contribution is -0.141. The van der Waals surface area contributed by atoms with Crippen LogP contribution in [-0.4, -0.2) is 35.6 Å². The monoisotopic (exact) mass is 457 g/mol. The van der Waals surface area contributed by atoms with E-state index in [9.17, 15) is 24.3 Å². The van der Waals surface area contributed by atoms with Gasteiger partial charge < -0.3 is 30.3 Å². The van der Waals surface area contributed by atoms with Gasteiger partial charge >= 0.3 is 17.6 Å². The van der Waals surface area contributed by atoms with Crippen molar-refractivity contribution in [1.29, 1.82) is 0 Å². The number of amides is 3. The summed E-state index contributed by atoms with van der Waals surface area (Å²) in [7, 11) is 0. The molecule has 0 radical (unpaired) electrons. The van der Waals surface area contributed by atoms with Crippen LogP contribution >= 0.6 is 0 Å². The maximum atomic E-state index is 12.7. The van der Waals surface area contributed by atoms with E-state index in [2.05, 4.69) is 10.6 Å². The standard InChI is InChI=1S/C23H27N3O7/c1-10-8-16-19(20-18(10)11(2)13(4)32-20)12(3)14(22(30)33-16)9-17(27)26-15(21(28)29)6-5-7-25-23(24)31/h8,15H,5-7,9H2,1-4H3,(H,26,27)(H,28,29)(H3,24,25,31). The molecule has 1 atom stereocenters. The Hall–Kier alpha value is -3.82. The third-order valence-corrected chi connectivity index (χ3v) is 5.82. The fraction of sp³-hybridized carbons (Fsp3) is 0.391. The van der Waals surface area contributed by atoms with E-state index in [0.717, 1.165) is 22.3 Å². The van der Waals surface area contributed by atoms with Crippen LogP contribution in [0, 0.1) is 27.7 Å². The highest BCUT2D eigenvalue weighted by Crippen LogP contribution is 2.36. The number of aryl methyl sites for hydroxylation is 4. The number of nitrogens with one attached hydrogen (secondary N) is 2. The zero-order chi connectivity index (χ0) is 24.4. The summed E-state index contributed by atoms with van der Waals surface area (Å²) in [6.45, 7) is 7.61. The Kier molecular flexibility index (Phi) is 6.75. The van der Waals surface area contributed by atoms with Crippen LogP contribution in [0.2, 0.25) is 0 Å². The van der Waals surface area contributed by atoms with Crippen LogP contribution in [0.4, 0.5) is 4.79 Å². The Morgan fingerprint density at radius 2 is 1.79 bits per heavy atom. The fourth-order valence-corrected chi connectivity index (χ4v) is 4.02. The van der Waals surface area contributed by atoms with E-state index < -0.39 is 29.6 Å². The van der Waals surface area contributed by atoms with Crippen molar-refractivity contribution in [2.45, 2.75) is 53.0 Å². The molecule has 0 saturated carbocycles. The maximum absolute atomic E-state index is 12.7. The molecule has 5 N–H and O–H groups in total. The molecule has 0 bridgehead atoms. The number of carbonyl (C=O) groups excluding carboxylic acids is 2. The van der Waals surface area contributed by atoms with Crippen molar-refractivity contribution >= 4 is 39.8 Å². The molecule has 0 aliphatic heterocycles. The van der Waals surface area contributed by atoms with Crippen molar-refractivity contribution in [3.8, 4) is 0 Å². The first-order valence-electron chi connectivity index (χ1n) is 10.5. The summed E-state index contributed by atoms with van der Waals surface area (Å²) in [6, 6.07) is -0.112. The molecule has 0 fully saturated rings. The molecule has 2 aromatic heterocycles. The second kappa shape index (κ2) is 9.35. The lowest BCUT2D eigenvalue weighted by Gasteiger charge is -2.15. The number of urea groups is 1. The molecule has 1 unspecified atom stereocenters. The van der Waals surface area contributed by atoms with E-state index in [1.165, 1.54) is 0 Å². The fourth-order valence-electron chi connectivity index (χ4n) is 4.02. The van der Waals surface area contributed by atoms with Crippen molar-refractivity contribution in [2.24, 2.45) is 5.73 Å². The van der Waals surface area contributed by atoms with Crippen molar-refractivity contribution in [3.63, 3.8) is 0 Å². The Balaban J connectivity index is 1.90. The van der Waals surface area contributed by atoms with Gasteiger partial charge in [0.2, 0.25) is 5.91 Å². The summed E-state index contributed by atoms with van der Waals surface area (Å²) in [4.78, 5) is 47.5. The van der Waals surface area contributed by atoms with Gasteiger partial charge in [-0.1, -0.05) is 0 Å². The Bertz CT molecular complexity index is 1320. The number of hydrogen-bond acceptors (Lipinski definition) is 6. The molecular formula is C23H27N3O7. The summed E-state index contributed by atoms with van der Waals surface area (Å²) in [6.07, 6.45) is 0.0326. The van der Waals surface area contributed by atoms with Crippen LogP contribution < -0.4 is 22.0 Å². The van der Waals surface area contributed by atoms with Crippen LogP contribution in [0.15, 0.2) is 19.7 Å². The van der Waals surface area contributed by atoms with Gasteiger partial charge in [-0.15, -0.1) is 0 Å². The minimum absolute atomic E-state index is 0.0809. The van der Waals surface area contributed by atoms with Gasteiger partial charge in [-0.2, -0.15) is 0 Å². The molecule has 0 aliphatic carbocycles. The second-order valence-corrected chi connectivity index (χ2v) is 8.12. The number of nitrogens with two attached hydrogens (primary N) is 1. The minimum Gasteiger partial charge on any atom is -0.480 e. The number of fused-ring (bicyclic) bond motifs is 3. The number of carbonyl (C=O) groups is 3. The number of aliphatic carboxylic acids is 1. The number of furan rings is 1. The van der Waals surface area contributed by atoms with Crippen molar-refractivity contribution in [1.82, 2.24) is 10.6 Å². The van der Waals surface area contributed by atoms with Gasteiger partial charge in [0.1, 0.15) is 23.0 Å². The second-order valence-electron chi connectivity index (χ2n) is 8.12. The van der Waals surface area contributed by atoms with E-state index in [4.69, 9.17) is 14.6 Å². The predicted octanol–water partition coefficient (Wildman–Crippen LogP) is 2.33. The largest absolute Gasteiger partial charge is 0.480 e. The van der Waals surface area contributed by atoms with Crippen LogP contribution in [0.5, 0.6) is 0 Å². The highest BCUT2D eigenvalue weighted by atomic mass is 16.4. The molecule has 10 nitrogen and oxygen atoms in total. The average Bonchev–Trinajstić information content (AvgIpc) is 3.01. The number of benzene rings is 1. The van der Waals surface area contributed by atoms with E-state index in [1.807, 2.05) is 20.8 Å². The summed E-state index contributed by atoms with van der Waals surface area (Å²) in [5, 5.41) is 15.7. The van der Waals surface area contributed by atoms with Gasteiger partial charge in [-0.25, -0.2) is 14.4 Å². The summed E-state index contributed by atoms with van der Waals surface area (Å²) < 4.78 is 11.5. The first-order valence-corrected chi connectivity index (χ1v) is 10.5. The molecule has 3 amide bonds. The van der Waals surface area contributed by atoms with Gasteiger partial charge in [0, 0.05) is 11.9 Å². The molecule has 2 heterocycles. The third-order valence-electron chi connectivity index (χ3n) is 5.82. The van der Waals surface area contributed by atoms with E-state index in [-0.39, 0.29) is 24.9 Å². The molecular weight excluding hydrogens is 430 g/mol. The molecule has 176 valence electrons. The summed E-state index contributed by atoms with van der Waals surface area (Å²) >= 11 is 0. The summed E-state index contributed by atoms with van der Waals surface area (Å²) in [5.74, 6) is -1.10. The highest BCUT2D eigenvalue weighted by molar-refractivity contribution is 6.07. The molecule has 0 aliphatic rings. The first-order chi connectivity index (χ1) is 15.5.